The molecule has 0 bridgehead atoms. The molecule has 1 heterocycles. The fourth-order valence-corrected chi connectivity index (χ4v) is 1.91. The number of hydrogen-bond acceptors (Lipinski definition) is 2. The lowest BCUT2D eigenvalue weighted by molar-refractivity contribution is -0.275. The minimum absolute atomic E-state index is 0.402. The highest BCUT2D eigenvalue weighted by Crippen LogP contribution is 2.39. The Morgan fingerprint density at radius 2 is 1.72 bits per heavy atom. The smallest absolute Gasteiger partial charge is 0.404 e. The predicted molar refractivity (Wildman–Crippen MR) is 53.5 cm³/mol. The molecule has 0 saturated carbocycles. The van der Waals surface area contributed by atoms with Crippen molar-refractivity contribution >= 4 is 22.6 Å². The first-order valence-electron chi connectivity index (χ1n) is 4.12. The zero-order valence-corrected chi connectivity index (χ0v) is 10.3. The molecular weight excluding hydrogens is 386 g/mol. The lowest BCUT2D eigenvalue weighted by Crippen LogP contribution is -2.21. The Morgan fingerprint density at radius 3 is 2.11 bits per heavy atom. The van der Waals surface area contributed by atoms with Gasteiger partial charge >= 0.3 is 12.5 Å². The van der Waals surface area contributed by atoms with Gasteiger partial charge in [0.2, 0.25) is 0 Å². The number of pyridine rings is 1. The Labute approximate surface area is 109 Å². The molecule has 0 aliphatic heterocycles. The zero-order valence-electron chi connectivity index (χ0n) is 8.16. The monoisotopic (exact) mass is 389 g/mol. The molecule has 0 aliphatic carbocycles. The molecule has 1 aromatic rings. The zero-order chi connectivity index (χ0) is 14.1. The Bertz CT molecular complexity index is 442. The minimum atomic E-state index is -5.22. The molecule has 0 aromatic carbocycles. The van der Waals surface area contributed by atoms with Crippen LogP contribution in [-0.2, 0) is 12.9 Å². The molecule has 0 fully saturated rings. The van der Waals surface area contributed by atoms with E-state index in [0.717, 1.165) is 22.6 Å². The van der Waals surface area contributed by atoms with E-state index in [2.05, 4.69) is 9.72 Å². The molecule has 1 rings (SSSR count). The van der Waals surface area contributed by atoms with Crippen LogP contribution in [0.15, 0.2) is 6.20 Å². The van der Waals surface area contributed by atoms with E-state index >= 15 is 0 Å². The van der Waals surface area contributed by atoms with Crippen LogP contribution in [0.3, 0.4) is 0 Å². The molecule has 10 heteroatoms. The molecular formula is C8H3F7INO. The van der Waals surface area contributed by atoms with Crippen molar-refractivity contribution in [2.45, 2.75) is 19.2 Å². The standard InChI is InChI=1S/C8H3F7INO/c9-1-3-4(18-8(13,14)15)2-17-6(16)5(3)7(10,11)12/h2H,1H2. The maximum absolute atomic E-state index is 12.6. The van der Waals surface area contributed by atoms with Crippen LogP contribution in [0.1, 0.15) is 11.1 Å². The third-order valence-electron chi connectivity index (χ3n) is 1.74. The summed E-state index contributed by atoms with van der Waals surface area (Å²) in [5, 5.41) is 0. The maximum atomic E-state index is 12.6. The predicted octanol–water partition coefficient (Wildman–Crippen LogP) is 4.07. The molecule has 0 radical (unpaired) electrons. The lowest BCUT2D eigenvalue weighted by atomic mass is 10.1. The van der Waals surface area contributed by atoms with Crippen LogP contribution in [0.25, 0.3) is 0 Å². The summed E-state index contributed by atoms with van der Waals surface area (Å²) in [7, 11) is 0. The summed E-state index contributed by atoms with van der Waals surface area (Å²) in [6, 6.07) is 0. The summed E-state index contributed by atoms with van der Waals surface area (Å²) in [6.45, 7) is -1.75. The first-order chi connectivity index (χ1) is 8.06. The quantitative estimate of drug-likeness (QED) is 0.432. The summed E-state index contributed by atoms with van der Waals surface area (Å²) in [5.41, 5.74) is -2.79. The van der Waals surface area contributed by atoms with E-state index in [1.54, 1.807) is 0 Å². The van der Waals surface area contributed by atoms with Crippen LogP contribution in [0.2, 0.25) is 0 Å². The van der Waals surface area contributed by atoms with Gasteiger partial charge in [-0.2, -0.15) is 13.2 Å². The van der Waals surface area contributed by atoms with Crippen molar-refractivity contribution in [2.75, 3.05) is 0 Å². The first-order valence-corrected chi connectivity index (χ1v) is 5.20. The Balaban J connectivity index is 3.39. The van der Waals surface area contributed by atoms with E-state index in [0.29, 0.717) is 6.20 Å². The summed E-state index contributed by atoms with van der Waals surface area (Å²) in [6.07, 6.45) is -9.84. The second-order valence-electron chi connectivity index (χ2n) is 2.95. The Kier molecular flexibility index (Phi) is 4.28. The second-order valence-corrected chi connectivity index (χ2v) is 3.97. The van der Waals surface area contributed by atoms with Gasteiger partial charge < -0.3 is 4.74 Å². The number of alkyl halides is 7. The van der Waals surface area contributed by atoms with Crippen molar-refractivity contribution in [2.24, 2.45) is 0 Å². The molecule has 0 aliphatic rings. The van der Waals surface area contributed by atoms with E-state index in [9.17, 15) is 30.7 Å². The summed E-state index contributed by atoms with van der Waals surface area (Å²) >= 11 is 1.15. The molecule has 0 N–H and O–H groups in total. The summed E-state index contributed by atoms with van der Waals surface area (Å²) < 4.78 is 88.7. The maximum Gasteiger partial charge on any atom is 0.573 e. The highest BCUT2D eigenvalue weighted by Gasteiger charge is 2.40. The van der Waals surface area contributed by atoms with Gasteiger partial charge in [0, 0.05) is 5.56 Å². The van der Waals surface area contributed by atoms with Crippen molar-refractivity contribution < 1.29 is 35.5 Å². The topological polar surface area (TPSA) is 22.1 Å². The lowest BCUT2D eigenvalue weighted by Gasteiger charge is -2.17. The van der Waals surface area contributed by atoms with Crippen LogP contribution in [0, 0.1) is 3.70 Å². The number of ether oxygens (including phenoxy) is 1. The summed E-state index contributed by atoms with van der Waals surface area (Å²) in [4.78, 5) is 3.11. The van der Waals surface area contributed by atoms with Gasteiger partial charge in [0.1, 0.15) is 10.4 Å². The van der Waals surface area contributed by atoms with Crippen molar-refractivity contribution in [1.82, 2.24) is 4.98 Å². The average Bonchev–Trinajstić information content (AvgIpc) is 2.16. The number of rotatable bonds is 2. The van der Waals surface area contributed by atoms with Gasteiger partial charge in [-0.15, -0.1) is 13.2 Å². The second kappa shape index (κ2) is 5.05. The highest BCUT2D eigenvalue weighted by molar-refractivity contribution is 14.1. The molecule has 0 unspecified atom stereocenters. The molecule has 1 aromatic heterocycles. The number of halogens is 8. The Hall–Kier alpha value is -0.810. The number of nitrogens with zero attached hydrogens (tertiary/aromatic N) is 1. The van der Waals surface area contributed by atoms with Crippen LogP contribution >= 0.6 is 22.6 Å². The fraction of sp³-hybridized carbons (Fsp3) is 0.375. The third-order valence-corrected chi connectivity index (χ3v) is 2.56. The minimum Gasteiger partial charge on any atom is -0.404 e. The van der Waals surface area contributed by atoms with Crippen molar-refractivity contribution in [1.29, 1.82) is 0 Å². The Morgan fingerprint density at radius 1 is 1.17 bits per heavy atom. The van der Waals surface area contributed by atoms with Crippen LogP contribution in [0.4, 0.5) is 30.7 Å². The van der Waals surface area contributed by atoms with E-state index in [1.807, 2.05) is 0 Å². The third kappa shape index (κ3) is 3.59. The SMILES string of the molecule is FCc1c(OC(F)(F)F)cnc(I)c1C(F)(F)F. The highest BCUT2D eigenvalue weighted by atomic mass is 127. The van der Waals surface area contributed by atoms with Gasteiger partial charge in [-0.3, -0.25) is 0 Å². The molecule has 2 nitrogen and oxygen atoms in total. The fourth-order valence-electron chi connectivity index (χ4n) is 1.14. The van der Waals surface area contributed by atoms with Gasteiger partial charge in [-0.25, -0.2) is 9.37 Å². The molecule has 0 atom stereocenters. The summed E-state index contributed by atoms with van der Waals surface area (Å²) in [5.74, 6) is -1.29. The van der Waals surface area contributed by atoms with Crippen molar-refractivity contribution in [3.05, 3.63) is 21.0 Å². The van der Waals surface area contributed by atoms with Crippen LogP contribution in [0.5, 0.6) is 5.75 Å². The van der Waals surface area contributed by atoms with E-state index in [4.69, 9.17) is 0 Å². The van der Waals surface area contributed by atoms with Gasteiger partial charge in [0.05, 0.1) is 11.8 Å². The van der Waals surface area contributed by atoms with E-state index in [-0.39, 0.29) is 0 Å². The molecule has 102 valence electrons. The average molecular weight is 389 g/mol. The van der Waals surface area contributed by atoms with Gasteiger partial charge in [-0.05, 0) is 22.6 Å². The largest absolute Gasteiger partial charge is 0.573 e. The van der Waals surface area contributed by atoms with Gasteiger partial charge in [0.15, 0.2) is 5.75 Å². The van der Waals surface area contributed by atoms with Crippen LogP contribution < -0.4 is 4.74 Å². The molecule has 18 heavy (non-hydrogen) atoms. The van der Waals surface area contributed by atoms with Crippen molar-refractivity contribution in [3.8, 4) is 5.75 Å². The van der Waals surface area contributed by atoms with E-state index in [1.165, 1.54) is 0 Å². The van der Waals surface area contributed by atoms with Gasteiger partial charge in [0.25, 0.3) is 0 Å². The normalized spacial score (nSPS) is 12.7. The molecule has 0 spiro atoms. The van der Waals surface area contributed by atoms with Crippen LogP contribution in [-0.4, -0.2) is 11.3 Å². The molecule has 0 saturated heterocycles. The number of hydrogen-bond donors (Lipinski definition) is 0. The first kappa shape index (κ1) is 15.2. The number of aromatic nitrogens is 1. The molecule has 0 amide bonds. The van der Waals surface area contributed by atoms with Crippen molar-refractivity contribution in [3.63, 3.8) is 0 Å². The van der Waals surface area contributed by atoms with Gasteiger partial charge in [-0.1, -0.05) is 0 Å². The van der Waals surface area contributed by atoms with E-state index < -0.39 is 39.8 Å².